The van der Waals surface area contributed by atoms with E-state index in [1.54, 1.807) is 0 Å². The Labute approximate surface area is 328 Å². The molecule has 2 spiro atoms. The molecule has 2 nitrogen and oxygen atoms in total. The number of fused-ring (bicyclic) bond motifs is 16. The van der Waals surface area contributed by atoms with E-state index in [4.69, 9.17) is 9.98 Å². The summed E-state index contributed by atoms with van der Waals surface area (Å²) in [5.74, 6) is 0.955. The average Bonchev–Trinajstić information content (AvgIpc) is 3.74. The molecule has 0 bridgehead atoms. The van der Waals surface area contributed by atoms with E-state index in [1.165, 1.54) is 66.8 Å². The zero-order valence-corrected chi connectivity index (χ0v) is 30.9. The number of hydrogen-bond acceptors (Lipinski definition) is 2. The molecule has 0 saturated carbocycles. The molecule has 7 aromatic carbocycles. The van der Waals surface area contributed by atoms with Gasteiger partial charge in [-0.15, -0.1) is 0 Å². The first kappa shape index (κ1) is 31.7. The van der Waals surface area contributed by atoms with Gasteiger partial charge < -0.3 is 0 Å². The molecule has 2 unspecified atom stereocenters. The summed E-state index contributed by atoms with van der Waals surface area (Å²) in [5.41, 5.74) is 18.8. The Bertz CT molecular complexity index is 2780. The van der Waals surface area contributed by atoms with E-state index in [-0.39, 0.29) is 12.0 Å². The van der Waals surface area contributed by atoms with E-state index < -0.39 is 10.8 Å². The molecule has 0 fully saturated rings. The maximum Gasteiger partial charge on any atom is 0.155 e. The Kier molecular flexibility index (Phi) is 6.75. The van der Waals surface area contributed by atoms with E-state index in [2.05, 4.69) is 194 Å². The van der Waals surface area contributed by atoms with E-state index >= 15 is 0 Å². The first-order valence-corrected chi connectivity index (χ1v) is 20.0. The van der Waals surface area contributed by atoms with Crippen molar-refractivity contribution in [1.82, 2.24) is 0 Å². The molecule has 2 atom stereocenters. The van der Waals surface area contributed by atoms with Crippen molar-refractivity contribution >= 4 is 11.5 Å². The highest BCUT2D eigenvalue weighted by atomic mass is 15.0. The molecule has 1 aliphatic heterocycles. The summed E-state index contributed by atoms with van der Waals surface area (Å²) < 4.78 is 0. The molecule has 0 N–H and O–H groups in total. The standard InChI is InChI=1S/C54H38N2/c1-3-18-35(19-4-1)49-34-50(56-52(55-49)36-20-5-2-6-21-36)41-26-17-33-48-51(41)54(44-29-13-9-24-39(44)40-25-10-14-30-45(40)54)47-32-16-15-31-46(47)53(48)42-27-11-7-22-37(42)38-23-8-12-28-43(38)53/h1-31,33,47,50H,32,34H2. The first-order chi connectivity index (χ1) is 27.8. The van der Waals surface area contributed by atoms with Crippen molar-refractivity contribution in [2.45, 2.75) is 29.7 Å². The second-order valence-corrected chi connectivity index (χ2v) is 15.8. The molecule has 0 saturated heterocycles. The van der Waals surface area contributed by atoms with Crippen LogP contribution in [0.1, 0.15) is 69.0 Å². The van der Waals surface area contributed by atoms with Gasteiger partial charge in [-0.3, -0.25) is 4.99 Å². The average molecular weight is 715 g/mol. The molecule has 56 heavy (non-hydrogen) atoms. The van der Waals surface area contributed by atoms with E-state index in [0.717, 1.165) is 29.1 Å². The molecular formula is C54H38N2. The van der Waals surface area contributed by atoms with Gasteiger partial charge in [0.2, 0.25) is 0 Å². The van der Waals surface area contributed by atoms with E-state index in [0.29, 0.717) is 6.42 Å². The maximum absolute atomic E-state index is 5.68. The molecule has 5 aliphatic rings. The molecule has 4 aliphatic carbocycles. The van der Waals surface area contributed by atoms with Gasteiger partial charge in [0.15, 0.2) is 5.84 Å². The number of amidine groups is 1. The van der Waals surface area contributed by atoms with Gasteiger partial charge in [-0.1, -0.05) is 194 Å². The fourth-order valence-electron chi connectivity index (χ4n) is 11.4. The lowest BCUT2D eigenvalue weighted by Gasteiger charge is -2.55. The fraction of sp³-hybridized carbons (Fsp3) is 0.111. The fourth-order valence-corrected chi connectivity index (χ4v) is 11.4. The second-order valence-electron chi connectivity index (χ2n) is 15.8. The van der Waals surface area contributed by atoms with E-state index in [1.807, 2.05) is 0 Å². The van der Waals surface area contributed by atoms with Crippen LogP contribution in [-0.4, -0.2) is 11.5 Å². The van der Waals surface area contributed by atoms with Crippen LogP contribution in [0.2, 0.25) is 0 Å². The van der Waals surface area contributed by atoms with Crippen molar-refractivity contribution in [2.24, 2.45) is 15.9 Å². The predicted octanol–water partition coefficient (Wildman–Crippen LogP) is 12.2. The lowest BCUT2D eigenvalue weighted by Crippen LogP contribution is -2.51. The minimum absolute atomic E-state index is 0.154. The van der Waals surface area contributed by atoms with Crippen LogP contribution in [-0.2, 0) is 10.8 Å². The van der Waals surface area contributed by atoms with Crippen molar-refractivity contribution in [1.29, 1.82) is 0 Å². The number of allylic oxidation sites excluding steroid dienone is 4. The van der Waals surface area contributed by atoms with E-state index in [9.17, 15) is 0 Å². The smallest absolute Gasteiger partial charge is 0.155 e. The Morgan fingerprint density at radius 1 is 0.482 bits per heavy atom. The van der Waals surface area contributed by atoms with Crippen LogP contribution < -0.4 is 0 Å². The summed E-state index contributed by atoms with van der Waals surface area (Å²) in [6.45, 7) is 0. The number of benzene rings is 7. The molecular weight excluding hydrogens is 677 g/mol. The van der Waals surface area contributed by atoms with Gasteiger partial charge in [0.1, 0.15) is 0 Å². The lowest BCUT2D eigenvalue weighted by atomic mass is 9.46. The van der Waals surface area contributed by atoms with Gasteiger partial charge in [-0.2, -0.15) is 0 Å². The molecule has 2 heteroatoms. The summed E-state index contributed by atoms with van der Waals surface area (Å²) in [6.07, 6.45) is 8.88. The topological polar surface area (TPSA) is 24.7 Å². The van der Waals surface area contributed by atoms with Crippen molar-refractivity contribution < 1.29 is 0 Å². The van der Waals surface area contributed by atoms with Gasteiger partial charge in [0.25, 0.3) is 0 Å². The minimum atomic E-state index is -0.470. The highest BCUT2D eigenvalue weighted by Gasteiger charge is 2.63. The third kappa shape index (κ3) is 4.06. The van der Waals surface area contributed by atoms with Gasteiger partial charge in [-0.25, -0.2) is 4.99 Å². The lowest BCUT2D eigenvalue weighted by molar-refractivity contribution is 0.366. The van der Waals surface area contributed by atoms with Crippen molar-refractivity contribution in [2.75, 3.05) is 0 Å². The van der Waals surface area contributed by atoms with Gasteiger partial charge in [-0.05, 0) is 78.8 Å². The monoisotopic (exact) mass is 714 g/mol. The molecule has 12 rings (SSSR count). The largest absolute Gasteiger partial charge is 0.258 e. The summed E-state index contributed by atoms with van der Waals surface area (Å²) in [5, 5.41) is 0. The van der Waals surface area contributed by atoms with Gasteiger partial charge in [0.05, 0.1) is 22.6 Å². The van der Waals surface area contributed by atoms with Gasteiger partial charge in [0, 0.05) is 17.9 Å². The third-order valence-corrected chi connectivity index (χ3v) is 13.4. The molecule has 0 aromatic heterocycles. The number of aliphatic imine (C=N–C) groups is 2. The normalized spacial score (nSPS) is 19.8. The zero-order chi connectivity index (χ0) is 36.8. The van der Waals surface area contributed by atoms with Crippen molar-refractivity contribution in [3.8, 4) is 22.3 Å². The van der Waals surface area contributed by atoms with Crippen LogP contribution in [0.25, 0.3) is 22.3 Å². The quantitative estimate of drug-likeness (QED) is 0.174. The zero-order valence-electron chi connectivity index (χ0n) is 30.9. The Morgan fingerprint density at radius 3 is 1.62 bits per heavy atom. The van der Waals surface area contributed by atoms with Crippen molar-refractivity contribution in [3.05, 3.63) is 250 Å². The summed E-state index contributed by atoms with van der Waals surface area (Å²) in [4.78, 5) is 11.0. The summed E-state index contributed by atoms with van der Waals surface area (Å²) >= 11 is 0. The third-order valence-electron chi connectivity index (χ3n) is 13.4. The van der Waals surface area contributed by atoms with Crippen LogP contribution >= 0.6 is 0 Å². The van der Waals surface area contributed by atoms with Crippen LogP contribution in [0.4, 0.5) is 0 Å². The highest BCUT2D eigenvalue weighted by molar-refractivity contribution is 6.14. The van der Waals surface area contributed by atoms with Crippen LogP contribution in [0, 0.1) is 5.92 Å². The molecule has 7 aromatic rings. The van der Waals surface area contributed by atoms with Crippen molar-refractivity contribution in [3.63, 3.8) is 0 Å². The maximum atomic E-state index is 5.68. The molecule has 0 radical (unpaired) electrons. The highest BCUT2D eigenvalue weighted by Crippen LogP contribution is 2.71. The molecule has 1 heterocycles. The first-order valence-electron chi connectivity index (χ1n) is 20.0. The minimum Gasteiger partial charge on any atom is -0.258 e. The predicted molar refractivity (Wildman–Crippen MR) is 229 cm³/mol. The number of rotatable bonds is 3. The SMILES string of the molecule is C1=CCC2C(=C1)C1(c3ccccc3-c3ccccc31)c1cccc(C3CC(c4ccccc4)=NC(c4ccccc4)=N3)c1C21c2ccccc2-c2ccccc21. The molecule has 0 amide bonds. The number of hydrogen-bond donors (Lipinski definition) is 0. The second kappa shape index (κ2) is 11.9. The summed E-state index contributed by atoms with van der Waals surface area (Å²) in [6, 6.07) is 65.2. The van der Waals surface area contributed by atoms with Crippen LogP contribution in [0.15, 0.2) is 210 Å². The van der Waals surface area contributed by atoms with Gasteiger partial charge >= 0.3 is 0 Å². The Morgan fingerprint density at radius 2 is 1.00 bits per heavy atom. The van der Waals surface area contributed by atoms with Crippen LogP contribution in [0.3, 0.4) is 0 Å². The van der Waals surface area contributed by atoms with Crippen LogP contribution in [0.5, 0.6) is 0 Å². The molecule has 264 valence electrons. The Hall–Kier alpha value is -6.64. The summed E-state index contributed by atoms with van der Waals surface area (Å²) in [7, 11) is 0. The number of nitrogens with zero attached hydrogens (tertiary/aromatic N) is 2. The Balaban J connectivity index is 1.24.